The molecule has 360 valence electrons. The van der Waals surface area contributed by atoms with Gasteiger partial charge in [-0.15, -0.1) is 0 Å². The number of benzene rings is 6. The first-order valence-corrected chi connectivity index (χ1v) is 24.2. The molecule has 0 heterocycles. The largest absolute Gasteiger partial charge is 0.494 e. The Hall–Kier alpha value is -7.20. The molecular formula is C59H64O10. The van der Waals surface area contributed by atoms with E-state index < -0.39 is 11.9 Å². The highest BCUT2D eigenvalue weighted by Crippen LogP contribution is 2.26. The Balaban J connectivity index is 0.786. The number of rotatable bonds is 26. The lowest BCUT2D eigenvalue weighted by molar-refractivity contribution is 0.0438. The van der Waals surface area contributed by atoms with E-state index in [2.05, 4.69) is 27.7 Å². The van der Waals surface area contributed by atoms with Gasteiger partial charge in [0.05, 0.1) is 48.7 Å². The molecule has 0 spiro atoms. The predicted octanol–water partition coefficient (Wildman–Crippen LogP) is 14.1. The second-order valence-electron chi connectivity index (χ2n) is 17.4. The molecule has 0 fully saturated rings. The van der Waals surface area contributed by atoms with Gasteiger partial charge in [0.1, 0.15) is 23.0 Å². The van der Waals surface area contributed by atoms with Gasteiger partial charge in [-0.1, -0.05) is 121 Å². The molecule has 0 amide bonds. The third kappa shape index (κ3) is 16.5. The SMILES string of the molecule is CC[C@H](C)COC(=O)c1ccc(-c2ccc(OC(=O)c3ccc(OCCCCCCCCCOc4ccc(C(=O)Oc5ccc(-c6ccc(C(=O)OC[C@@H](C)CC)cc6)cc5)cc4)cc3)cc2)cc1. The Morgan fingerprint density at radius 3 is 0.928 bits per heavy atom. The van der Waals surface area contributed by atoms with Crippen LogP contribution in [0.15, 0.2) is 146 Å². The zero-order valence-electron chi connectivity index (χ0n) is 40.3. The van der Waals surface area contributed by atoms with Crippen LogP contribution in [0.1, 0.15) is 127 Å². The first kappa shape index (κ1) is 51.2. The fourth-order valence-electron chi connectivity index (χ4n) is 7.04. The highest BCUT2D eigenvalue weighted by atomic mass is 16.5. The van der Waals surface area contributed by atoms with E-state index in [9.17, 15) is 19.2 Å². The van der Waals surface area contributed by atoms with Crippen molar-refractivity contribution >= 4 is 23.9 Å². The van der Waals surface area contributed by atoms with Crippen LogP contribution in [0.2, 0.25) is 0 Å². The van der Waals surface area contributed by atoms with Crippen molar-refractivity contribution in [2.24, 2.45) is 11.8 Å². The molecule has 2 atom stereocenters. The zero-order chi connectivity index (χ0) is 48.8. The monoisotopic (exact) mass is 932 g/mol. The lowest BCUT2D eigenvalue weighted by atomic mass is 10.0. The summed E-state index contributed by atoms with van der Waals surface area (Å²) < 4.78 is 33.8. The Kier molecular flexibility index (Phi) is 20.0. The molecule has 0 N–H and O–H groups in total. The summed E-state index contributed by atoms with van der Waals surface area (Å²) in [5, 5.41) is 0. The summed E-state index contributed by atoms with van der Waals surface area (Å²) in [5.74, 6) is 1.39. The van der Waals surface area contributed by atoms with Gasteiger partial charge in [-0.3, -0.25) is 0 Å². The van der Waals surface area contributed by atoms with Gasteiger partial charge in [-0.05, 0) is 144 Å². The number of carbonyl (C=O) groups excluding carboxylic acids is 4. The highest BCUT2D eigenvalue weighted by Gasteiger charge is 2.14. The number of hydrogen-bond donors (Lipinski definition) is 0. The van der Waals surface area contributed by atoms with E-state index in [4.69, 9.17) is 28.4 Å². The lowest BCUT2D eigenvalue weighted by Gasteiger charge is -2.10. The average molecular weight is 933 g/mol. The van der Waals surface area contributed by atoms with Gasteiger partial charge in [0.25, 0.3) is 0 Å². The molecule has 6 aromatic carbocycles. The number of unbranched alkanes of at least 4 members (excludes halogenated alkanes) is 6. The van der Waals surface area contributed by atoms with Crippen LogP contribution in [0.3, 0.4) is 0 Å². The molecule has 10 nitrogen and oxygen atoms in total. The summed E-state index contributed by atoms with van der Waals surface area (Å²) >= 11 is 0. The number of esters is 4. The first-order chi connectivity index (χ1) is 33.6. The fraction of sp³-hybridized carbons (Fsp3) is 0.322. The topological polar surface area (TPSA) is 124 Å². The molecule has 0 radical (unpaired) electrons. The second kappa shape index (κ2) is 27.0. The van der Waals surface area contributed by atoms with E-state index in [1.165, 1.54) is 0 Å². The maximum absolute atomic E-state index is 12.8. The molecule has 6 rings (SSSR count). The van der Waals surface area contributed by atoms with Crippen molar-refractivity contribution in [3.05, 3.63) is 168 Å². The third-order valence-electron chi connectivity index (χ3n) is 11.9. The van der Waals surface area contributed by atoms with Crippen molar-refractivity contribution in [2.75, 3.05) is 26.4 Å². The lowest BCUT2D eigenvalue weighted by Crippen LogP contribution is -2.11. The maximum atomic E-state index is 12.8. The van der Waals surface area contributed by atoms with Crippen LogP contribution < -0.4 is 18.9 Å². The van der Waals surface area contributed by atoms with E-state index in [-0.39, 0.29) is 11.9 Å². The zero-order valence-corrected chi connectivity index (χ0v) is 40.3. The molecule has 0 unspecified atom stereocenters. The molecule has 0 aromatic heterocycles. The van der Waals surface area contributed by atoms with Crippen LogP contribution in [-0.4, -0.2) is 50.3 Å². The van der Waals surface area contributed by atoms with Crippen molar-refractivity contribution in [3.63, 3.8) is 0 Å². The Morgan fingerprint density at radius 1 is 0.348 bits per heavy atom. The smallest absolute Gasteiger partial charge is 0.343 e. The first-order valence-electron chi connectivity index (χ1n) is 24.2. The third-order valence-corrected chi connectivity index (χ3v) is 11.9. The van der Waals surface area contributed by atoms with Crippen molar-refractivity contribution in [1.82, 2.24) is 0 Å². The van der Waals surface area contributed by atoms with Crippen molar-refractivity contribution < 1.29 is 47.6 Å². The normalized spacial score (nSPS) is 11.8. The summed E-state index contributed by atoms with van der Waals surface area (Å²) in [6.07, 6.45) is 9.36. The summed E-state index contributed by atoms with van der Waals surface area (Å²) in [5.41, 5.74) is 5.62. The van der Waals surface area contributed by atoms with Crippen LogP contribution in [0, 0.1) is 11.8 Å². The van der Waals surface area contributed by atoms with Gasteiger partial charge in [0.2, 0.25) is 0 Å². The van der Waals surface area contributed by atoms with E-state index in [1.54, 1.807) is 97.1 Å². The minimum atomic E-state index is -0.450. The fourth-order valence-corrected chi connectivity index (χ4v) is 7.04. The summed E-state index contributed by atoms with van der Waals surface area (Å²) in [6.45, 7) is 10.3. The Morgan fingerprint density at radius 2 is 0.609 bits per heavy atom. The quantitative estimate of drug-likeness (QED) is 0.0295. The van der Waals surface area contributed by atoms with Crippen molar-refractivity contribution in [1.29, 1.82) is 0 Å². The molecule has 6 aromatic rings. The summed E-state index contributed by atoms with van der Waals surface area (Å²) in [4.78, 5) is 50.3. The molecule has 0 aliphatic rings. The van der Waals surface area contributed by atoms with Crippen molar-refractivity contribution in [2.45, 2.75) is 85.5 Å². The van der Waals surface area contributed by atoms with Crippen LogP contribution in [0.5, 0.6) is 23.0 Å². The van der Waals surface area contributed by atoms with E-state index in [0.29, 0.717) is 83.5 Å². The second-order valence-corrected chi connectivity index (χ2v) is 17.4. The van der Waals surface area contributed by atoms with Crippen LogP contribution >= 0.6 is 0 Å². The summed E-state index contributed by atoms with van der Waals surface area (Å²) in [7, 11) is 0. The molecule has 0 saturated carbocycles. The van der Waals surface area contributed by atoms with E-state index in [1.807, 2.05) is 48.5 Å². The van der Waals surface area contributed by atoms with Gasteiger partial charge in [0.15, 0.2) is 0 Å². The van der Waals surface area contributed by atoms with Crippen LogP contribution in [0.25, 0.3) is 22.3 Å². The van der Waals surface area contributed by atoms with Gasteiger partial charge in [-0.25, -0.2) is 19.2 Å². The maximum Gasteiger partial charge on any atom is 0.343 e. The molecule has 0 saturated heterocycles. The van der Waals surface area contributed by atoms with Crippen LogP contribution in [-0.2, 0) is 9.47 Å². The minimum Gasteiger partial charge on any atom is -0.494 e. The van der Waals surface area contributed by atoms with Crippen LogP contribution in [0.4, 0.5) is 0 Å². The minimum absolute atomic E-state index is 0.325. The molecule has 10 heteroatoms. The highest BCUT2D eigenvalue weighted by molar-refractivity contribution is 5.93. The Labute approximate surface area is 406 Å². The molecule has 69 heavy (non-hydrogen) atoms. The van der Waals surface area contributed by atoms with Gasteiger partial charge in [-0.2, -0.15) is 0 Å². The molecule has 0 aliphatic heterocycles. The molecule has 0 bridgehead atoms. The van der Waals surface area contributed by atoms with E-state index in [0.717, 1.165) is 80.0 Å². The van der Waals surface area contributed by atoms with Gasteiger partial charge >= 0.3 is 23.9 Å². The van der Waals surface area contributed by atoms with Gasteiger partial charge < -0.3 is 28.4 Å². The number of carbonyl (C=O) groups is 4. The Bertz CT molecular complexity index is 2330. The van der Waals surface area contributed by atoms with E-state index >= 15 is 0 Å². The average Bonchev–Trinajstić information content (AvgIpc) is 3.39. The molecular weight excluding hydrogens is 869 g/mol. The number of hydrogen-bond acceptors (Lipinski definition) is 10. The number of ether oxygens (including phenoxy) is 6. The van der Waals surface area contributed by atoms with Gasteiger partial charge in [0, 0.05) is 0 Å². The summed E-state index contributed by atoms with van der Waals surface area (Å²) in [6, 6.07) is 43.0. The molecule has 0 aliphatic carbocycles. The standard InChI is InChI=1S/C59H64O10/c1-5-42(3)40-66-56(60)48-18-14-44(15-19-48)46-22-34-54(35-23-46)68-58(62)50-26-30-52(31-27-50)64-38-12-10-8-7-9-11-13-39-65-53-32-28-51(29-33-53)59(63)69-55-36-24-47(25-37-55)45-16-20-49(21-17-45)57(61)67-41-43(4)6-2/h14-37,42-43H,5-13,38-41H2,1-4H3/t42-,43-/m0/s1. The van der Waals surface area contributed by atoms with Crippen molar-refractivity contribution in [3.8, 4) is 45.3 Å². The predicted molar refractivity (Wildman–Crippen MR) is 269 cm³/mol.